The Bertz CT molecular complexity index is 221. The summed E-state index contributed by atoms with van der Waals surface area (Å²) in [6.07, 6.45) is 2.13. The number of nitrogens with two attached hydrogens (primary N) is 2. The lowest BCUT2D eigenvalue weighted by Gasteiger charge is -2.10. The van der Waals surface area contributed by atoms with Gasteiger partial charge in [-0.3, -0.25) is 9.59 Å². The van der Waals surface area contributed by atoms with Gasteiger partial charge in [0.1, 0.15) is 6.61 Å². The minimum Gasteiger partial charge on any atom is -0.370 e. The molecule has 0 aliphatic rings. The number of rotatable bonds is 9. The normalized spacial score (nSPS) is 12.1. The minimum absolute atomic E-state index is 0.0865. The van der Waals surface area contributed by atoms with Crippen molar-refractivity contribution in [2.75, 3.05) is 19.8 Å². The Hall–Kier alpha value is -1.14. The van der Waals surface area contributed by atoms with Crippen LogP contribution >= 0.6 is 0 Å². The molecule has 0 saturated carbocycles. The van der Waals surface area contributed by atoms with E-state index in [1.807, 2.05) is 6.92 Å². The molecule has 16 heavy (non-hydrogen) atoms. The molecule has 0 fully saturated rings. The molecule has 6 heteroatoms. The molecule has 1 unspecified atom stereocenters. The van der Waals surface area contributed by atoms with Gasteiger partial charge in [-0.05, 0) is 6.42 Å². The Labute approximate surface area is 95.7 Å². The second-order valence-electron chi connectivity index (χ2n) is 3.62. The van der Waals surface area contributed by atoms with Crippen molar-refractivity contribution in [2.24, 2.45) is 11.5 Å². The monoisotopic (exact) mass is 231 g/mol. The number of nitrogens with one attached hydrogen (secondary N) is 1. The van der Waals surface area contributed by atoms with Crippen LogP contribution in [0.25, 0.3) is 0 Å². The van der Waals surface area contributed by atoms with Crippen molar-refractivity contribution in [3.8, 4) is 0 Å². The number of amides is 2. The van der Waals surface area contributed by atoms with Crippen LogP contribution < -0.4 is 16.8 Å². The molecule has 1 atom stereocenters. The van der Waals surface area contributed by atoms with Crippen LogP contribution in [-0.4, -0.2) is 37.6 Å². The third-order valence-electron chi connectivity index (χ3n) is 1.92. The molecule has 94 valence electrons. The Kier molecular flexibility index (Phi) is 8.46. The fourth-order valence-corrected chi connectivity index (χ4v) is 1.22. The highest BCUT2D eigenvalue weighted by Gasteiger charge is 2.07. The molecule has 0 aromatic heterocycles. The first-order valence-corrected chi connectivity index (χ1v) is 5.44. The first kappa shape index (κ1) is 14.9. The highest BCUT2D eigenvalue weighted by Crippen LogP contribution is 1.97. The molecule has 0 rings (SSSR count). The Balaban J connectivity index is 3.40. The number of ether oxygens (including phenoxy) is 1. The summed E-state index contributed by atoms with van der Waals surface area (Å²) in [5.41, 5.74) is 10.6. The fraction of sp³-hybridized carbons (Fsp3) is 0.800. The van der Waals surface area contributed by atoms with E-state index in [-0.39, 0.29) is 25.2 Å². The van der Waals surface area contributed by atoms with Crippen LogP contribution in [-0.2, 0) is 14.3 Å². The van der Waals surface area contributed by atoms with E-state index in [0.29, 0.717) is 13.0 Å². The van der Waals surface area contributed by atoms with Crippen LogP contribution in [0.3, 0.4) is 0 Å². The van der Waals surface area contributed by atoms with Crippen LogP contribution in [0.15, 0.2) is 0 Å². The summed E-state index contributed by atoms with van der Waals surface area (Å²) < 4.78 is 4.88. The van der Waals surface area contributed by atoms with E-state index in [1.54, 1.807) is 0 Å². The highest BCUT2D eigenvalue weighted by molar-refractivity contribution is 5.76. The average Bonchev–Trinajstić information content (AvgIpc) is 2.16. The molecule has 0 saturated heterocycles. The number of carbonyl (C=O) groups is 2. The van der Waals surface area contributed by atoms with Gasteiger partial charge in [-0.1, -0.05) is 13.3 Å². The van der Waals surface area contributed by atoms with E-state index in [9.17, 15) is 9.59 Å². The van der Waals surface area contributed by atoms with E-state index in [0.717, 1.165) is 12.8 Å². The first-order valence-electron chi connectivity index (χ1n) is 5.44. The van der Waals surface area contributed by atoms with Crippen molar-refractivity contribution in [2.45, 2.75) is 32.2 Å². The summed E-state index contributed by atoms with van der Waals surface area (Å²) in [6.45, 7) is 2.54. The van der Waals surface area contributed by atoms with Crippen molar-refractivity contribution in [3.05, 3.63) is 0 Å². The van der Waals surface area contributed by atoms with Crippen LogP contribution in [0.1, 0.15) is 26.2 Å². The Morgan fingerprint density at radius 3 is 2.69 bits per heavy atom. The maximum atomic E-state index is 11.3. The van der Waals surface area contributed by atoms with Crippen molar-refractivity contribution in [1.82, 2.24) is 5.32 Å². The number of primary amides is 1. The molecule has 0 heterocycles. The van der Waals surface area contributed by atoms with Crippen molar-refractivity contribution < 1.29 is 14.3 Å². The van der Waals surface area contributed by atoms with Gasteiger partial charge in [0.2, 0.25) is 11.8 Å². The van der Waals surface area contributed by atoms with Gasteiger partial charge < -0.3 is 21.5 Å². The average molecular weight is 231 g/mol. The van der Waals surface area contributed by atoms with Gasteiger partial charge in [0.25, 0.3) is 0 Å². The van der Waals surface area contributed by atoms with Gasteiger partial charge in [-0.2, -0.15) is 0 Å². The zero-order chi connectivity index (χ0) is 12.4. The standard InChI is InChI=1S/C10H21N3O3/c1-2-3-8(11)6-10(15)13-4-5-16-7-9(12)14/h8H,2-7,11H2,1H3,(H2,12,14)(H,13,15). The molecular formula is C10H21N3O3. The Morgan fingerprint density at radius 2 is 2.12 bits per heavy atom. The van der Waals surface area contributed by atoms with Crippen LogP contribution in [0.2, 0.25) is 0 Å². The molecule has 0 spiro atoms. The van der Waals surface area contributed by atoms with Gasteiger partial charge in [0.05, 0.1) is 6.61 Å². The Morgan fingerprint density at radius 1 is 1.44 bits per heavy atom. The molecule has 0 aliphatic carbocycles. The predicted molar refractivity (Wildman–Crippen MR) is 60.5 cm³/mol. The van der Waals surface area contributed by atoms with Crippen LogP contribution in [0, 0.1) is 0 Å². The third-order valence-corrected chi connectivity index (χ3v) is 1.92. The second-order valence-corrected chi connectivity index (χ2v) is 3.62. The summed E-state index contributed by atoms with van der Waals surface area (Å²) in [5, 5.41) is 2.65. The van der Waals surface area contributed by atoms with Crippen LogP contribution in [0.5, 0.6) is 0 Å². The summed E-state index contributed by atoms with van der Waals surface area (Å²) in [6, 6.07) is -0.0865. The van der Waals surface area contributed by atoms with Crippen LogP contribution in [0.4, 0.5) is 0 Å². The van der Waals surface area contributed by atoms with E-state index < -0.39 is 5.91 Å². The highest BCUT2D eigenvalue weighted by atomic mass is 16.5. The second kappa shape index (κ2) is 9.11. The lowest BCUT2D eigenvalue weighted by molar-refractivity contribution is -0.122. The molecule has 5 N–H and O–H groups in total. The van der Waals surface area contributed by atoms with E-state index in [2.05, 4.69) is 5.32 Å². The SMILES string of the molecule is CCCC(N)CC(=O)NCCOCC(N)=O. The quantitative estimate of drug-likeness (QED) is 0.448. The summed E-state index contributed by atoms with van der Waals surface area (Å²) in [4.78, 5) is 21.6. The van der Waals surface area contributed by atoms with Crippen molar-refractivity contribution >= 4 is 11.8 Å². The molecule has 0 aromatic rings. The van der Waals surface area contributed by atoms with E-state index >= 15 is 0 Å². The summed E-state index contributed by atoms with van der Waals surface area (Å²) in [5.74, 6) is -0.611. The molecule has 0 bridgehead atoms. The lowest BCUT2D eigenvalue weighted by atomic mass is 10.1. The lowest BCUT2D eigenvalue weighted by Crippen LogP contribution is -2.33. The van der Waals surface area contributed by atoms with Gasteiger partial charge >= 0.3 is 0 Å². The fourth-order valence-electron chi connectivity index (χ4n) is 1.22. The topological polar surface area (TPSA) is 107 Å². The molecule has 6 nitrogen and oxygen atoms in total. The third kappa shape index (κ3) is 9.42. The minimum atomic E-state index is -0.517. The van der Waals surface area contributed by atoms with Crippen molar-refractivity contribution in [1.29, 1.82) is 0 Å². The summed E-state index contributed by atoms with van der Waals surface area (Å²) >= 11 is 0. The van der Waals surface area contributed by atoms with Gasteiger partial charge in [-0.15, -0.1) is 0 Å². The first-order chi connectivity index (χ1) is 7.56. The number of carbonyl (C=O) groups excluding carboxylic acids is 2. The molecule has 0 aliphatic heterocycles. The van der Waals surface area contributed by atoms with Crippen molar-refractivity contribution in [3.63, 3.8) is 0 Å². The molecule has 0 radical (unpaired) electrons. The molecule has 2 amide bonds. The smallest absolute Gasteiger partial charge is 0.243 e. The summed E-state index contributed by atoms with van der Waals surface area (Å²) in [7, 11) is 0. The zero-order valence-electron chi connectivity index (χ0n) is 9.70. The predicted octanol–water partition coefficient (Wildman–Crippen LogP) is -0.878. The number of hydrogen-bond donors (Lipinski definition) is 3. The molecular weight excluding hydrogens is 210 g/mol. The molecule has 0 aromatic carbocycles. The largest absolute Gasteiger partial charge is 0.370 e. The maximum absolute atomic E-state index is 11.3. The maximum Gasteiger partial charge on any atom is 0.243 e. The van der Waals surface area contributed by atoms with E-state index in [4.69, 9.17) is 16.2 Å². The van der Waals surface area contributed by atoms with Gasteiger partial charge in [0.15, 0.2) is 0 Å². The van der Waals surface area contributed by atoms with E-state index in [1.165, 1.54) is 0 Å². The number of hydrogen-bond acceptors (Lipinski definition) is 4. The van der Waals surface area contributed by atoms with Gasteiger partial charge in [0, 0.05) is 19.0 Å². The van der Waals surface area contributed by atoms with Gasteiger partial charge in [-0.25, -0.2) is 0 Å². The zero-order valence-corrected chi connectivity index (χ0v) is 9.70.